The summed E-state index contributed by atoms with van der Waals surface area (Å²) in [5, 5.41) is 7.05. The largest absolute Gasteiger partial charge is 0.301 e. The van der Waals surface area contributed by atoms with Crippen molar-refractivity contribution in [3.63, 3.8) is 0 Å². The molecular weight excluding hydrogens is 408 g/mol. The van der Waals surface area contributed by atoms with Crippen molar-refractivity contribution in [2.75, 3.05) is 5.32 Å². The van der Waals surface area contributed by atoms with Crippen LogP contribution in [0.3, 0.4) is 0 Å². The summed E-state index contributed by atoms with van der Waals surface area (Å²) in [7, 11) is 0. The number of fused-ring (bicyclic) bond motifs is 1. The molecule has 1 atom stereocenters. The van der Waals surface area contributed by atoms with Gasteiger partial charge in [-0.2, -0.15) is 0 Å². The highest BCUT2D eigenvalue weighted by molar-refractivity contribution is 8.00. The number of nitrogens with zero attached hydrogens (tertiary/aromatic N) is 3. The lowest BCUT2D eigenvalue weighted by atomic mass is 10.2. The zero-order valence-electron chi connectivity index (χ0n) is 15.4. The maximum Gasteiger partial charge on any atom is 0.239 e. The fraction of sp³-hybridized carbons (Fsp3) is 0.200. The Labute approximate surface area is 175 Å². The molecule has 0 fully saturated rings. The van der Waals surface area contributed by atoms with Gasteiger partial charge in [0, 0.05) is 21.2 Å². The number of nitrogens with one attached hydrogen (secondary N) is 1. The summed E-state index contributed by atoms with van der Waals surface area (Å²) >= 11 is 4.55. The van der Waals surface area contributed by atoms with Crippen LogP contribution in [0.15, 0.2) is 53.1 Å². The Balaban J connectivity index is 1.46. The Hall–Kier alpha value is -2.29. The van der Waals surface area contributed by atoms with Crippen molar-refractivity contribution in [3.8, 4) is 11.3 Å². The van der Waals surface area contributed by atoms with Gasteiger partial charge in [0.1, 0.15) is 16.2 Å². The average Bonchev–Trinajstić information content (AvgIpc) is 3.36. The van der Waals surface area contributed by atoms with Gasteiger partial charge in [-0.25, -0.2) is 15.0 Å². The molecule has 0 aliphatic carbocycles. The van der Waals surface area contributed by atoms with Crippen molar-refractivity contribution in [2.45, 2.75) is 30.5 Å². The van der Waals surface area contributed by atoms with Gasteiger partial charge in [0.15, 0.2) is 5.13 Å². The molecule has 1 N–H and O–H groups in total. The van der Waals surface area contributed by atoms with Crippen LogP contribution in [0.25, 0.3) is 21.5 Å². The Kier molecular flexibility index (Phi) is 5.70. The van der Waals surface area contributed by atoms with E-state index in [9.17, 15) is 4.79 Å². The number of benzene rings is 1. The molecule has 3 aromatic heterocycles. The number of thioether (sulfide) groups is 1. The molecule has 1 amide bonds. The lowest BCUT2D eigenvalue weighted by Gasteiger charge is -2.10. The molecule has 0 spiro atoms. The second-order valence-electron chi connectivity index (χ2n) is 6.12. The number of amides is 1. The summed E-state index contributed by atoms with van der Waals surface area (Å²) in [5.41, 5.74) is 1.90. The minimum atomic E-state index is -0.299. The number of hydrogen-bond donors (Lipinski definition) is 1. The Morgan fingerprint density at radius 1 is 1.25 bits per heavy atom. The van der Waals surface area contributed by atoms with E-state index < -0.39 is 0 Å². The molecule has 0 radical (unpaired) electrons. The first-order chi connectivity index (χ1) is 13.6. The van der Waals surface area contributed by atoms with Crippen molar-refractivity contribution in [1.82, 2.24) is 15.0 Å². The molecule has 0 aliphatic rings. The first-order valence-corrected chi connectivity index (χ1v) is 11.4. The summed E-state index contributed by atoms with van der Waals surface area (Å²) in [4.78, 5) is 28.2. The normalized spacial score (nSPS) is 12.2. The van der Waals surface area contributed by atoms with Crippen LogP contribution in [0.5, 0.6) is 0 Å². The minimum Gasteiger partial charge on any atom is -0.301 e. The maximum atomic E-state index is 12.7. The number of thiazole rings is 1. The Morgan fingerprint density at radius 2 is 2.07 bits per heavy atom. The molecule has 0 saturated carbocycles. The Bertz CT molecular complexity index is 1110. The first-order valence-electron chi connectivity index (χ1n) is 8.86. The van der Waals surface area contributed by atoms with Crippen LogP contribution in [-0.2, 0) is 11.2 Å². The monoisotopic (exact) mass is 426 g/mol. The van der Waals surface area contributed by atoms with Crippen LogP contribution in [0.2, 0.25) is 0 Å². The van der Waals surface area contributed by atoms with Crippen LogP contribution in [0.1, 0.15) is 18.7 Å². The number of anilines is 1. The predicted molar refractivity (Wildman–Crippen MR) is 118 cm³/mol. The van der Waals surface area contributed by atoms with E-state index in [0.29, 0.717) is 5.13 Å². The molecule has 28 heavy (non-hydrogen) atoms. The Morgan fingerprint density at radius 3 is 2.86 bits per heavy atom. The van der Waals surface area contributed by atoms with Gasteiger partial charge in [0.05, 0.1) is 10.9 Å². The molecule has 1 aromatic carbocycles. The SMILES string of the molecule is CCc1cc2c(SC(C)C(=O)Nc3nc(-c4ccccc4)cs3)ncnc2s1. The van der Waals surface area contributed by atoms with Crippen molar-refractivity contribution in [1.29, 1.82) is 0 Å². The summed E-state index contributed by atoms with van der Waals surface area (Å²) in [6.07, 6.45) is 2.53. The fourth-order valence-corrected chi connectivity index (χ4v) is 5.27. The van der Waals surface area contributed by atoms with Crippen molar-refractivity contribution in [2.24, 2.45) is 0 Å². The zero-order chi connectivity index (χ0) is 19.5. The molecule has 5 nitrogen and oxygen atoms in total. The third-order valence-corrected chi connectivity index (χ3v) is 7.22. The number of aromatic nitrogens is 3. The van der Waals surface area contributed by atoms with Gasteiger partial charge in [0.25, 0.3) is 0 Å². The standard InChI is InChI=1S/C20H18N4OS3/c1-3-14-9-15-18(21-11-22-19(15)28-14)27-12(2)17(25)24-20-23-16(10-26-20)13-7-5-4-6-8-13/h4-12H,3H2,1-2H3,(H,23,24,25). The van der Waals surface area contributed by atoms with Crippen LogP contribution >= 0.6 is 34.4 Å². The van der Waals surface area contributed by atoms with Gasteiger partial charge < -0.3 is 5.32 Å². The van der Waals surface area contributed by atoms with Crippen molar-refractivity contribution < 1.29 is 4.79 Å². The van der Waals surface area contributed by atoms with E-state index in [1.807, 2.05) is 42.6 Å². The van der Waals surface area contributed by atoms with E-state index in [0.717, 1.165) is 32.9 Å². The molecular formula is C20H18N4OS3. The van der Waals surface area contributed by atoms with E-state index in [4.69, 9.17) is 0 Å². The van der Waals surface area contributed by atoms with Gasteiger partial charge in [-0.15, -0.1) is 22.7 Å². The average molecular weight is 427 g/mol. The number of aryl methyl sites for hydroxylation is 1. The van der Waals surface area contributed by atoms with E-state index >= 15 is 0 Å². The predicted octanol–water partition coefficient (Wildman–Crippen LogP) is 5.50. The number of thiophene rings is 1. The summed E-state index contributed by atoms with van der Waals surface area (Å²) in [6, 6.07) is 12.1. The van der Waals surface area contributed by atoms with E-state index in [-0.39, 0.29) is 11.2 Å². The molecule has 0 aliphatic heterocycles. The number of carbonyl (C=O) groups is 1. The molecule has 142 valence electrons. The van der Waals surface area contributed by atoms with Gasteiger partial charge in [-0.05, 0) is 19.4 Å². The third kappa shape index (κ3) is 4.09. The van der Waals surface area contributed by atoms with E-state index in [2.05, 4.69) is 33.3 Å². The van der Waals surface area contributed by atoms with Gasteiger partial charge in [-0.1, -0.05) is 49.0 Å². The van der Waals surface area contributed by atoms with Crippen LogP contribution in [-0.4, -0.2) is 26.1 Å². The molecule has 4 aromatic rings. The van der Waals surface area contributed by atoms with Crippen molar-refractivity contribution >= 4 is 55.7 Å². The molecule has 1 unspecified atom stereocenters. The third-order valence-electron chi connectivity index (χ3n) is 4.15. The highest BCUT2D eigenvalue weighted by Gasteiger charge is 2.19. The lowest BCUT2D eigenvalue weighted by Crippen LogP contribution is -2.22. The summed E-state index contributed by atoms with van der Waals surface area (Å²) in [6.45, 7) is 4.01. The number of rotatable bonds is 6. The van der Waals surface area contributed by atoms with E-state index in [1.54, 1.807) is 17.7 Å². The molecule has 4 rings (SSSR count). The quantitative estimate of drug-likeness (QED) is 0.326. The van der Waals surface area contributed by atoms with Gasteiger partial charge >= 0.3 is 0 Å². The minimum absolute atomic E-state index is 0.0864. The van der Waals surface area contributed by atoms with Gasteiger partial charge in [0.2, 0.25) is 5.91 Å². The number of carbonyl (C=O) groups excluding carboxylic acids is 1. The van der Waals surface area contributed by atoms with Crippen LogP contribution in [0.4, 0.5) is 5.13 Å². The summed E-state index contributed by atoms with van der Waals surface area (Å²) < 4.78 is 0. The lowest BCUT2D eigenvalue weighted by molar-refractivity contribution is -0.115. The topological polar surface area (TPSA) is 67.8 Å². The molecule has 8 heteroatoms. The van der Waals surface area contributed by atoms with Gasteiger partial charge in [-0.3, -0.25) is 4.79 Å². The second kappa shape index (κ2) is 8.38. The summed E-state index contributed by atoms with van der Waals surface area (Å²) in [5.74, 6) is -0.0864. The molecule has 0 saturated heterocycles. The fourth-order valence-electron chi connectivity index (χ4n) is 2.65. The maximum absolute atomic E-state index is 12.7. The number of hydrogen-bond acceptors (Lipinski definition) is 7. The molecule has 3 heterocycles. The first kappa shape index (κ1) is 19.0. The molecule has 0 bridgehead atoms. The smallest absolute Gasteiger partial charge is 0.239 e. The van der Waals surface area contributed by atoms with Crippen LogP contribution < -0.4 is 5.32 Å². The second-order valence-corrected chi connectivity index (χ2v) is 9.42. The zero-order valence-corrected chi connectivity index (χ0v) is 17.8. The highest BCUT2D eigenvalue weighted by Crippen LogP contribution is 2.33. The highest BCUT2D eigenvalue weighted by atomic mass is 32.2. The van der Waals surface area contributed by atoms with Crippen molar-refractivity contribution in [3.05, 3.63) is 53.0 Å². The van der Waals surface area contributed by atoms with Crippen LogP contribution in [0, 0.1) is 0 Å². The van der Waals surface area contributed by atoms with E-state index in [1.165, 1.54) is 28.0 Å².